The summed E-state index contributed by atoms with van der Waals surface area (Å²) >= 11 is 0. The van der Waals surface area contributed by atoms with E-state index in [1.807, 2.05) is 0 Å². The van der Waals surface area contributed by atoms with Crippen LogP contribution in [0.2, 0.25) is 0 Å². The molecule has 2 rings (SSSR count). The van der Waals surface area contributed by atoms with Crippen LogP contribution in [0.3, 0.4) is 0 Å². The van der Waals surface area contributed by atoms with Crippen molar-refractivity contribution in [2.45, 2.75) is 13.1 Å². The first-order valence-corrected chi connectivity index (χ1v) is 6.47. The third-order valence-corrected chi connectivity index (χ3v) is 3.17. The normalized spacial score (nSPS) is 12.3. The van der Waals surface area contributed by atoms with Gasteiger partial charge in [0.05, 0.1) is 5.56 Å². The minimum absolute atomic E-state index is 0.111. The summed E-state index contributed by atoms with van der Waals surface area (Å²) in [6, 6.07) is 11.7. The summed E-state index contributed by atoms with van der Waals surface area (Å²) in [7, 11) is 0. The van der Waals surface area contributed by atoms with E-state index in [4.69, 9.17) is 5.11 Å². The number of hydrogen-bond acceptors (Lipinski definition) is 1. The molecule has 2 nitrogen and oxygen atoms in total. The minimum atomic E-state index is -4.42. The summed E-state index contributed by atoms with van der Waals surface area (Å²) in [5.41, 5.74) is 0.869. The van der Waals surface area contributed by atoms with Crippen molar-refractivity contribution >= 4 is 12.0 Å². The smallest absolute Gasteiger partial charge is 0.416 e. The Balaban J connectivity index is 2.55. The Bertz CT molecular complexity index is 731. The Morgan fingerprint density at radius 2 is 1.77 bits per heavy atom. The third-order valence-electron chi connectivity index (χ3n) is 3.17. The Hall–Kier alpha value is -2.56. The second kappa shape index (κ2) is 6.05. The Kier molecular flexibility index (Phi) is 4.35. The summed E-state index contributed by atoms with van der Waals surface area (Å²) in [5, 5.41) is 8.94. The predicted octanol–water partition coefficient (Wildman–Crippen LogP) is 4.86. The fourth-order valence-corrected chi connectivity index (χ4v) is 2.04. The third kappa shape index (κ3) is 3.55. The van der Waals surface area contributed by atoms with Crippen molar-refractivity contribution in [1.82, 2.24) is 0 Å². The SMILES string of the molecule is C/C(=C\c1ccccc1-c1cccc(C(F)(F)F)c1)C(=O)O. The molecule has 0 amide bonds. The molecule has 2 aromatic carbocycles. The Morgan fingerprint density at radius 1 is 1.09 bits per heavy atom. The number of hydrogen-bond donors (Lipinski definition) is 1. The van der Waals surface area contributed by atoms with E-state index in [-0.39, 0.29) is 5.57 Å². The number of aliphatic carboxylic acids is 1. The van der Waals surface area contributed by atoms with Crippen molar-refractivity contribution < 1.29 is 23.1 Å². The molecule has 0 unspecified atom stereocenters. The first-order chi connectivity index (χ1) is 10.3. The fraction of sp³-hybridized carbons (Fsp3) is 0.118. The van der Waals surface area contributed by atoms with Crippen molar-refractivity contribution in [3.63, 3.8) is 0 Å². The van der Waals surface area contributed by atoms with Crippen LogP contribution in [0.5, 0.6) is 0 Å². The first-order valence-electron chi connectivity index (χ1n) is 6.47. The number of alkyl halides is 3. The molecule has 2 aromatic rings. The van der Waals surface area contributed by atoms with Crippen LogP contribution in [0.25, 0.3) is 17.2 Å². The van der Waals surface area contributed by atoms with Gasteiger partial charge in [0.1, 0.15) is 0 Å². The molecule has 0 radical (unpaired) electrons. The first kappa shape index (κ1) is 15.8. The molecule has 0 saturated heterocycles. The van der Waals surface area contributed by atoms with Gasteiger partial charge in [-0.25, -0.2) is 4.79 Å². The lowest BCUT2D eigenvalue weighted by Gasteiger charge is -2.11. The summed E-state index contributed by atoms with van der Waals surface area (Å²) in [4.78, 5) is 10.9. The van der Waals surface area contributed by atoms with Gasteiger partial charge in [0.15, 0.2) is 0 Å². The molecule has 0 bridgehead atoms. The highest BCUT2D eigenvalue weighted by Gasteiger charge is 2.30. The molecule has 0 aliphatic heterocycles. The molecular formula is C17H13F3O2. The lowest BCUT2D eigenvalue weighted by molar-refractivity contribution is -0.137. The zero-order valence-corrected chi connectivity index (χ0v) is 11.7. The van der Waals surface area contributed by atoms with Crippen LogP contribution in [0.1, 0.15) is 18.1 Å². The number of benzene rings is 2. The van der Waals surface area contributed by atoms with Gasteiger partial charge in [-0.3, -0.25) is 0 Å². The molecule has 22 heavy (non-hydrogen) atoms. The lowest BCUT2D eigenvalue weighted by Crippen LogP contribution is -2.04. The monoisotopic (exact) mass is 306 g/mol. The van der Waals surface area contributed by atoms with Gasteiger partial charge in [-0.1, -0.05) is 36.4 Å². The zero-order chi connectivity index (χ0) is 16.3. The topological polar surface area (TPSA) is 37.3 Å². The molecule has 0 aliphatic rings. The predicted molar refractivity (Wildman–Crippen MR) is 78.2 cm³/mol. The molecule has 114 valence electrons. The Labute approximate surface area is 125 Å². The number of carboxylic acids is 1. The van der Waals surface area contributed by atoms with Crippen molar-refractivity contribution in [2.75, 3.05) is 0 Å². The van der Waals surface area contributed by atoms with Gasteiger partial charge >= 0.3 is 12.1 Å². The summed E-state index contributed by atoms with van der Waals surface area (Å²) in [5.74, 6) is -1.07. The largest absolute Gasteiger partial charge is 0.478 e. The van der Waals surface area contributed by atoms with Crippen molar-refractivity contribution in [3.8, 4) is 11.1 Å². The molecule has 0 saturated carbocycles. The summed E-state index contributed by atoms with van der Waals surface area (Å²) < 4.78 is 38.4. The highest BCUT2D eigenvalue weighted by molar-refractivity contribution is 5.93. The van der Waals surface area contributed by atoms with E-state index in [1.54, 1.807) is 30.3 Å². The molecule has 0 heterocycles. The molecule has 0 atom stereocenters. The van der Waals surface area contributed by atoms with E-state index in [0.717, 1.165) is 12.1 Å². The molecule has 0 aromatic heterocycles. The average Bonchev–Trinajstić information content (AvgIpc) is 2.47. The average molecular weight is 306 g/mol. The van der Waals surface area contributed by atoms with Crippen LogP contribution in [-0.2, 0) is 11.0 Å². The second-order valence-corrected chi connectivity index (χ2v) is 4.80. The number of carbonyl (C=O) groups is 1. The van der Waals surface area contributed by atoms with Crippen LogP contribution in [-0.4, -0.2) is 11.1 Å². The maximum absolute atomic E-state index is 12.8. The Morgan fingerprint density at radius 3 is 2.41 bits per heavy atom. The molecule has 1 N–H and O–H groups in total. The zero-order valence-electron chi connectivity index (χ0n) is 11.7. The van der Waals surface area contributed by atoms with E-state index >= 15 is 0 Å². The molecule has 0 aliphatic carbocycles. The fourth-order valence-electron chi connectivity index (χ4n) is 2.04. The highest BCUT2D eigenvalue weighted by atomic mass is 19.4. The van der Waals surface area contributed by atoms with Gasteiger partial charge in [0.25, 0.3) is 0 Å². The standard InChI is InChI=1S/C17H13F3O2/c1-11(16(21)22)9-12-5-2-3-8-15(12)13-6-4-7-14(10-13)17(18,19)20/h2-10H,1H3,(H,21,22)/b11-9+. The van der Waals surface area contributed by atoms with Crippen LogP contribution < -0.4 is 0 Å². The van der Waals surface area contributed by atoms with Gasteiger partial charge in [-0.15, -0.1) is 0 Å². The van der Waals surface area contributed by atoms with Gasteiger partial charge < -0.3 is 5.11 Å². The van der Waals surface area contributed by atoms with Gasteiger partial charge in [-0.05, 0) is 41.8 Å². The molecule has 5 heteroatoms. The molecular weight excluding hydrogens is 293 g/mol. The van der Waals surface area contributed by atoms with Crippen LogP contribution in [0.15, 0.2) is 54.1 Å². The molecule has 0 spiro atoms. The van der Waals surface area contributed by atoms with Crippen molar-refractivity contribution in [1.29, 1.82) is 0 Å². The maximum atomic E-state index is 12.8. The van der Waals surface area contributed by atoms with E-state index in [2.05, 4.69) is 0 Å². The van der Waals surface area contributed by atoms with E-state index in [0.29, 0.717) is 16.7 Å². The number of carboxylic acid groups (broad SMARTS) is 1. The van der Waals surface area contributed by atoms with E-state index < -0.39 is 17.7 Å². The van der Waals surface area contributed by atoms with Crippen molar-refractivity contribution in [2.24, 2.45) is 0 Å². The quantitative estimate of drug-likeness (QED) is 0.822. The number of rotatable bonds is 3. The molecule has 0 fully saturated rings. The summed E-state index contributed by atoms with van der Waals surface area (Å²) in [6.45, 7) is 1.44. The van der Waals surface area contributed by atoms with Gasteiger partial charge in [0.2, 0.25) is 0 Å². The van der Waals surface area contributed by atoms with Gasteiger partial charge in [-0.2, -0.15) is 13.2 Å². The van der Waals surface area contributed by atoms with E-state index in [9.17, 15) is 18.0 Å². The number of halogens is 3. The van der Waals surface area contributed by atoms with Gasteiger partial charge in [0, 0.05) is 5.57 Å². The lowest BCUT2D eigenvalue weighted by atomic mass is 9.97. The maximum Gasteiger partial charge on any atom is 0.416 e. The second-order valence-electron chi connectivity index (χ2n) is 4.80. The van der Waals surface area contributed by atoms with Crippen molar-refractivity contribution in [3.05, 3.63) is 65.2 Å². The highest BCUT2D eigenvalue weighted by Crippen LogP contribution is 2.33. The van der Waals surface area contributed by atoms with Crippen LogP contribution in [0.4, 0.5) is 13.2 Å². The van der Waals surface area contributed by atoms with E-state index in [1.165, 1.54) is 19.1 Å². The van der Waals surface area contributed by atoms with Crippen LogP contribution >= 0.6 is 0 Å². The minimum Gasteiger partial charge on any atom is -0.478 e. The summed E-state index contributed by atoms with van der Waals surface area (Å²) in [6.07, 6.45) is -2.98. The van der Waals surface area contributed by atoms with Crippen LogP contribution in [0, 0.1) is 0 Å².